The lowest BCUT2D eigenvalue weighted by Crippen LogP contribution is -2.17. The maximum atomic E-state index is 13.7. The first kappa shape index (κ1) is 22.5. The number of fused-ring (bicyclic) bond motifs is 1. The fraction of sp³-hybridized carbons (Fsp3) is 0.280. The molecule has 10 nitrogen and oxygen atoms in total. The van der Waals surface area contributed by atoms with Crippen LogP contribution in [0.2, 0.25) is 0 Å². The molecule has 0 atom stereocenters. The van der Waals surface area contributed by atoms with Gasteiger partial charge in [0.25, 0.3) is 11.9 Å². The largest absolute Gasteiger partial charge is 0.463 e. The maximum Gasteiger partial charge on any atom is 0.257 e. The van der Waals surface area contributed by atoms with E-state index in [1.165, 1.54) is 0 Å². The zero-order valence-electron chi connectivity index (χ0n) is 20.2. The highest BCUT2D eigenvalue weighted by Gasteiger charge is 2.24. The van der Waals surface area contributed by atoms with Gasteiger partial charge in [0.15, 0.2) is 11.4 Å². The van der Waals surface area contributed by atoms with Gasteiger partial charge in [-0.3, -0.25) is 4.79 Å². The van der Waals surface area contributed by atoms with Crippen LogP contribution >= 0.6 is 0 Å². The van der Waals surface area contributed by atoms with Gasteiger partial charge in [0.05, 0.1) is 29.1 Å². The number of carbonyl (C=O) groups excluding carboxylic acids is 1. The van der Waals surface area contributed by atoms with Crippen molar-refractivity contribution in [2.75, 3.05) is 5.32 Å². The molecule has 0 saturated heterocycles. The second-order valence-electron chi connectivity index (χ2n) is 9.53. The van der Waals surface area contributed by atoms with Crippen molar-refractivity contribution < 1.29 is 9.21 Å². The average Bonchev–Trinajstić information content (AvgIpc) is 3.57. The fourth-order valence-corrected chi connectivity index (χ4v) is 3.71. The third-order valence-corrected chi connectivity index (χ3v) is 5.54. The molecule has 5 aromatic rings. The third-order valence-electron chi connectivity index (χ3n) is 5.54. The lowest BCUT2D eigenvalue weighted by Gasteiger charge is -2.13. The molecule has 0 unspecified atom stereocenters. The highest BCUT2D eigenvalue weighted by molar-refractivity contribution is 6.12. The topological polar surface area (TPSA) is 117 Å². The number of carbonyl (C=O) groups is 1. The molecule has 5 rings (SSSR count). The molecule has 0 spiro atoms. The molecule has 0 saturated carbocycles. The normalized spacial score (nSPS) is 11.9. The molecule has 0 aromatic carbocycles. The molecule has 5 aromatic heterocycles. The minimum atomic E-state index is -0.328. The Kier molecular flexibility index (Phi) is 5.43. The van der Waals surface area contributed by atoms with E-state index in [1.54, 1.807) is 52.4 Å². The molecule has 178 valence electrons. The molecule has 0 radical (unpaired) electrons. The molecular formula is C25H26N8O2. The Labute approximate surface area is 202 Å². The average molecular weight is 471 g/mol. The van der Waals surface area contributed by atoms with Gasteiger partial charge in [0.2, 0.25) is 0 Å². The summed E-state index contributed by atoms with van der Waals surface area (Å²) in [6.07, 6.45) is 6.51. The van der Waals surface area contributed by atoms with Crippen LogP contribution in [0.1, 0.15) is 56.7 Å². The predicted molar refractivity (Wildman–Crippen MR) is 131 cm³/mol. The number of furan rings is 1. The van der Waals surface area contributed by atoms with Crippen LogP contribution in [-0.2, 0) is 5.41 Å². The monoisotopic (exact) mass is 470 g/mol. The number of rotatable bonds is 5. The van der Waals surface area contributed by atoms with Crippen LogP contribution < -0.4 is 5.32 Å². The minimum absolute atomic E-state index is 0.0637. The van der Waals surface area contributed by atoms with Crippen LogP contribution in [0.4, 0.5) is 5.82 Å². The van der Waals surface area contributed by atoms with Gasteiger partial charge in [-0.2, -0.15) is 14.9 Å². The van der Waals surface area contributed by atoms with Gasteiger partial charge in [-0.1, -0.05) is 20.8 Å². The molecule has 0 bridgehead atoms. The summed E-state index contributed by atoms with van der Waals surface area (Å²) in [5, 5.41) is 12.8. The first-order valence-corrected chi connectivity index (χ1v) is 11.3. The third kappa shape index (κ3) is 4.18. The van der Waals surface area contributed by atoms with Gasteiger partial charge in [0.1, 0.15) is 11.5 Å². The molecule has 1 amide bonds. The fourth-order valence-electron chi connectivity index (χ4n) is 3.71. The summed E-state index contributed by atoms with van der Waals surface area (Å²) in [4.78, 5) is 27.0. The Morgan fingerprint density at radius 2 is 1.89 bits per heavy atom. The van der Waals surface area contributed by atoms with Crippen LogP contribution in [0.25, 0.3) is 28.4 Å². The first-order chi connectivity index (χ1) is 16.7. The van der Waals surface area contributed by atoms with Gasteiger partial charge in [-0.05, 0) is 38.1 Å². The molecule has 10 heteroatoms. The summed E-state index contributed by atoms with van der Waals surface area (Å²) in [7, 11) is 0. The summed E-state index contributed by atoms with van der Waals surface area (Å²) < 4.78 is 8.90. The molecule has 5 heterocycles. The molecular weight excluding hydrogens is 444 g/mol. The minimum Gasteiger partial charge on any atom is -0.463 e. The number of hydrogen-bond donors (Lipinski definition) is 1. The van der Waals surface area contributed by atoms with Gasteiger partial charge in [-0.25, -0.2) is 19.6 Å². The lowest BCUT2D eigenvalue weighted by atomic mass is 9.92. The summed E-state index contributed by atoms with van der Waals surface area (Å²) in [5.74, 6) is 1.07. The summed E-state index contributed by atoms with van der Waals surface area (Å²) >= 11 is 0. The summed E-state index contributed by atoms with van der Waals surface area (Å²) in [6.45, 7) is 10.2. The van der Waals surface area contributed by atoms with Crippen LogP contribution in [-0.4, -0.2) is 40.4 Å². The van der Waals surface area contributed by atoms with Gasteiger partial charge in [0, 0.05) is 29.9 Å². The van der Waals surface area contributed by atoms with E-state index in [-0.39, 0.29) is 17.4 Å². The van der Waals surface area contributed by atoms with Crippen molar-refractivity contribution in [1.29, 1.82) is 0 Å². The maximum absolute atomic E-state index is 13.7. The zero-order valence-corrected chi connectivity index (χ0v) is 20.2. The zero-order chi connectivity index (χ0) is 24.7. The Morgan fingerprint density at radius 3 is 2.54 bits per heavy atom. The standard InChI is InChI=1S/C25H26N8O2/c1-15(2)32-22-17(14-28-32)16(12-18(29-22)19-8-6-11-35-19)23(34)30-21-13-20(25(3,4)5)31-33(21)24-26-9-7-10-27-24/h6-15H,1-5H3,(H,30,34). The van der Waals surface area contributed by atoms with Crippen molar-refractivity contribution in [2.45, 2.75) is 46.1 Å². The SMILES string of the molecule is CC(C)n1ncc2c(C(=O)Nc3cc(C(C)(C)C)nn3-c3ncccn3)cc(-c3ccco3)nc21. The number of nitrogens with zero attached hydrogens (tertiary/aromatic N) is 7. The highest BCUT2D eigenvalue weighted by Crippen LogP contribution is 2.29. The number of aromatic nitrogens is 7. The van der Waals surface area contributed by atoms with Crippen LogP contribution in [0.5, 0.6) is 0 Å². The van der Waals surface area contributed by atoms with Crippen LogP contribution in [0.15, 0.2) is 59.6 Å². The second kappa shape index (κ2) is 8.46. The Hall–Kier alpha value is -4.34. The van der Waals surface area contributed by atoms with Gasteiger partial charge < -0.3 is 9.73 Å². The van der Waals surface area contributed by atoms with E-state index in [1.807, 2.05) is 26.0 Å². The van der Waals surface area contributed by atoms with E-state index in [0.29, 0.717) is 39.8 Å². The van der Waals surface area contributed by atoms with Crippen molar-refractivity contribution in [3.63, 3.8) is 0 Å². The van der Waals surface area contributed by atoms with Crippen LogP contribution in [0.3, 0.4) is 0 Å². The van der Waals surface area contributed by atoms with Crippen molar-refractivity contribution in [3.8, 4) is 17.4 Å². The van der Waals surface area contributed by atoms with Crippen molar-refractivity contribution in [3.05, 3.63) is 66.4 Å². The smallest absolute Gasteiger partial charge is 0.257 e. The van der Waals surface area contributed by atoms with E-state index >= 15 is 0 Å². The van der Waals surface area contributed by atoms with E-state index < -0.39 is 0 Å². The van der Waals surface area contributed by atoms with Crippen LogP contribution in [0, 0.1) is 0 Å². The Balaban J connectivity index is 1.62. The summed E-state index contributed by atoms with van der Waals surface area (Å²) in [5.41, 5.74) is 2.13. The molecule has 0 fully saturated rings. The lowest BCUT2D eigenvalue weighted by molar-refractivity contribution is 0.102. The molecule has 0 aliphatic heterocycles. The Morgan fingerprint density at radius 1 is 1.11 bits per heavy atom. The first-order valence-electron chi connectivity index (χ1n) is 11.3. The molecule has 0 aliphatic carbocycles. The van der Waals surface area contributed by atoms with Crippen molar-refractivity contribution >= 4 is 22.8 Å². The molecule has 35 heavy (non-hydrogen) atoms. The quantitative estimate of drug-likeness (QED) is 0.392. The van der Waals surface area contributed by atoms with E-state index in [0.717, 1.165) is 5.69 Å². The number of anilines is 1. The summed E-state index contributed by atoms with van der Waals surface area (Å²) in [6, 6.07) is 8.95. The highest BCUT2D eigenvalue weighted by atomic mass is 16.3. The Bertz CT molecular complexity index is 1490. The molecule has 0 aliphatic rings. The van der Waals surface area contributed by atoms with E-state index in [2.05, 4.69) is 46.3 Å². The molecule has 1 N–H and O–H groups in total. The second-order valence-corrected chi connectivity index (χ2v) is 9.53. The van der Waals surface area contributed by atoms with Crippen molar-refractivity contribution in [2.24, 2.45) is 0 Å². The number of hydrogen-bond acceptors (Lipinski definition) is 7. The van der Waals surface area contributed by atoms with E-state index in [4.69, 9.17) is 9.40 Å². The number of amides is 1. The predicted octanol–water partition coefficient (Wildman–Crippen LogP) is 4.80. The van der Waals surface area contributed by atoms with Crippen molar-refractivity contribution in [1.82, 2.24) is 34.5 Å². The number of nitrogens with one attached hydrogen (secondary N) is 1. The van der Waals surface area contributed by atoms with Gasteiger partial charge >= 0.3 is 0 Å². The van der Waals surface area contributed by atoms with E-state index in [9.17, 15) is 4.79 Å². The number of pyridine rings is 1. The van der Waals surface area contributed by atoms with Gasteiger partial charge in [-0.15, -0.1) is 0 Å².